The quantitative estimate of drug-likeness (QED) is 0.242. The standard InChI is InChI=1S/C35H44AsClN2O4S/c1-34(2,3)43-33(40)39-25-35(20-22-38-23-21-35)31-13-9-8-12-30(31)32(39)19-14-27(26-10-6-5-7-11-26)24-36(4)44(41,42)29-17-15-28(37)16-18-29/h5-13,15-18,27,32,38H,14,19-25H2,1-4H3. The van der Waals surface area contributed by atoms with Gasteiger partial charge >= 0.3 is 273 Å². The molecule has 5 rings (SSSR count). The second-order valence-electron chi connectivity index (χ2n) is 13.2. The maximum atomic E-state index is 13.9. The number of fused-ring (bicyclic) bond motifs is 2. The van der Waals surface area contributed by atoms with Gasteiger partial charge in [0.1, 0.15) is 0 Å². The summed E-state index contributed by atoms with van der Waals surface area (Å²) in [5.74, 6) is 0.0469. The molecule has 3 aromatic carbocycles. The van der Waals surface area contributed by atoms with Crippen LogP contribution in [0.3, 0.4) is 0 Å². The van der Waals surface area contributed by atoms with Gasteiger partial charge in [-0.3, -0.25) is 0 Å². The fourth-order valence-corrected chi connectivity index (χ4v) is 15.3. The summed E-state index contributed by atoms with van der Waals surface area (Å²) >= 11 is 3.67. The molecular formula is C35H44AsClN2O4S. The van der Waals surface area contributed by atoms with Crippen LogP contribution in [-0.4, -0.2) is 58.1 Å². The van der Waals surface area contributed by atoms with E-state index in [2.05, 4.69) is 41.7 Å². The average Bonchev–Trinajstić information content (AvgIpc) is 3.00. The first kappa shape index (κ1) is 33.1. The predicted octanol–water partition coefficient (Wildman–Crippen LogP) is 7.91. The molecule has 2 aliphatic heterocycles. The van der Waals surface area contributed by atoms with Gasteiger partial charge in [0.05, 0.1) is 0 Å². The molecule has 44 heavy (non-hydrogen) atoms. The molecule has 9 heteroatoms. The zero-order chi connectivity index (χ0) is 31.5. The molecule has 1 amide bonds. The van der Waals surface area contributed by atoms with E-state index in [9.17, 15) is 13.2 Å². The van der Waals surface area contributed by atoms with Crippen molar-refractivity contribution in [1.29, 1.82) is 0 Å². The van der Waals surface area contributed by atoms with Crippen molar-refractivity contribution in [2.75, 3.05) is 19.6 Å². The number of amides is 1. The SMILES string of the molecule is C[As](CC(CCC1c2ccccc2C2(CCNCC2)CN1C(=O)OC(C)(C)C)c1ccccc1)S(=O)(=O)c1ccc(Cl)cc1. The van der Waals surface area contributed by atoms with Crippen LogP contribution in [0.1, 0.15) is 75.1 Å². The van der Waals surface area contributed by atoms with Crippen LogP contribution in [-0.2, 0) is 18.3 Å². The van der Waals surface area contributed by atoms with Gasteiger partial charge in [0.15, 0.2) is 0 Å². The van der Waals surface area contributed by atoms with E-state index >= 15 is 0 Å². The Morgan fingerprint density at radius 1 is 1.02 bits per heavy atom. The summed E-state index contributed by atoms with van der Waals surface area (Å²) in [7, 11) is -3.42. The van der Waals surface area contributed by atoms with E-state index in [0.29, 0.717) is 28.1 Å². The predicted molar refractivity (Wildman–Crippen MR) is 179 cm³/mol. The summed E-state index contributed by atoms with van der Waals surface area (Å²) in [5.41, 5.74) is 4.90. The molecule has 1 fully saturated rings. The average molecular weight is 699 g/mol. The molecule has 0 radical (unpaired) electrons. The summed E-state index contributed by atoms with van der Waals surface area (Å²) < 4.78 is 33.4. The Hall–Kier alpha value is -2.31. The minimum atomic E-state index is -3.42. The first-order valence-corrected chi connectivity index (χ1v) is 22.8. The fraction of sp³-hybridized carbons (Fsp3) is 0.457. The Balaban J connectivity index is 1.46. The van der Waals surface area contributed by atoms with Gasteiger partial charge in [0.2, 0.25) is 0 Å². The molecule has 0 aliphatic carbocycles. The normalized spacial score (nSPS) is 19.7. The van der Waals surface area contributed by atoms with Crippen LogP contribution in [0.2, 0.25) is 15.9 Å². The van der Waals surface area contributed by atoms with Crippen molar-refractivity contribution >= 4 is 39.3 Å². The molecule has 1 N–H and O–H groups in total. The molecule has 0 bridgehead atoms. The third kappa shape index (κ3) is 7.39. The monoisotopic (exact) mass is 698 g/mol. The van der Waals surface area contributed by atoms with Gasteiger partial charge in [-0.15, -0.1) is 0 Å². The molecule has 2 heterocycles. The van der Waals surface area contributed by atoms with Gasteiger partial charge in [0, 0.05) is 0 Å². The van der Waals surface area contributed by atoms with Gasteiger partial charge in [-0.05, 0) is 0 Å². The molecule has 6 nitrogen and oxygen atoms in total. The first-order valence-electron chi connectivity index (χ1n) is 15.5. The van der Waals surface area contributed by atoms with Crippen LogP contribution >= 0.6 is 11.6 Å². The van der Waals surface area contributed by atoms with Gasteiger partial charge in [0.25, 0.3) is 0 Å². The van der Waals surface area contributed by atoms with Crippen LogP contribution in [0.4, 0.5) is 4.79 Å². The Morgan fingerprint density at radius 2 is 1.66 bits per heavy atom. The number of hydrogen-bond donors (Lipinski definition) is 1. The molecule has 0 saturated carbocycles. The summed E-state index contributed by atoms with van der Waals surface area (Å²) in [5, 5.41) is 4.63. The van der Waals surface area contributed by atoms with Crippen molar-refractivity contribution in [3.05, 3.63) is 101 Å². The van der Waals surface area contributed by atoms with E-state index in [4.69, 9.17) is 16.3 Å². The van der Waals surface area contributed by atoms with Crippen molar-refractivity contribution in [2.45, 2.75) is 85.2 Å². The Labute approximate surface area is 271 Å². The van der Waals surface area contributed by atoms with Crippen molar-refractivity contribution < 1.29 is 17.9 Å². The molecule has 0 aromatic heterocycles. The van der Waals surface area contributed by atoms with Crippen LogP contribution in [0.25, 0.3) is 0 Å². The number of benzene rings is 3. The van der Waals surface area contributed by atoms with E-state index in [0.717, 1.165) is 37.9 Å². The molecule has 3 atom stereocenters. The summed E-state index contributed by atoms with van der Waals surface area (Å²) in [4.78, 5) is 16.2. The van der Waals surface area contributed by atoms with Gasteiger partial charge in [-0.25, -0.2) is 0 Å². The molecule has 1 saturated heterocycles. The summed E-state index contributed by atoms with van der Waals surface area (Å²) in [6, 6.07) is 25.2. The molecule has 2 aliphatic rings. The number of halogens is 1. The Kier molecular flexibility index (Phi) is 10.2. The Bertz CT molecular complexity index is 1540. The molecular weight excluding hydrogens is 655 g/mol. The number of nitrogens with one attached hydrogen (secondary N) is 1. The third-order valence-corrected chi connectivity index (χ3v) is 20.2. The molecule has 3 unspecified atom stereocenters. The van der Waals surface area contributed by atoms with Crippen molar-refractivity contribution in [3.8, 4) is 0 Å². The molecule has 1 spiro atoms. The number of rotatable bonds is 8. The van der Waals surface area contributed by atoms with Gasteiger partial charge in [-0.1, -0.05) is 0 Å². The van der Waals surface area contributed by atoms with Crippen molar-refractivity contribution in [3.63, 3.8) is 0 Å². The number of carbonyl (C=O) groups is 1. The van der Waals surface area contributed by atoms with Crippen molar-refractivity contribution in [2.24, 2.45) is 0 Å². The van der Waals surface area contributed by atoms with E-state index in [-0.39, 0.29) is 23.5 Å². The zero-order valence-corrected chi connectivity index (χ0v) is 29.6. The fourth-order valence-electron chi connectivity index (χ4n) is 6.76. The summed E-state index contributed by atoms with van der Waals surface area (Å²) in [6.45, 7) is 8.20. The number of nitrogens with zero attached hydrogens (tertiary/aromatic N) is 1. The van der Waals surface area contributed by atoms with E-state index in [1.165, 1.54) is 11.1 Å². The second-order valence-corrected chi connectivity index (χ2v) is 24.7. The van der Waals surface area contributed by atoms with Crippen molar-refractivity contribution in [1.82, 2.24) is 10.2 Å². The number of ether oxygens (including phenoxy) is 1. The summed E-state index contributed by atoms with van der Waals surface area (Å²) in [6.07, 6.45) is 3.13. The topological polar surface area (TPSA) is 75.7 Å². The maximum absolute atomic E-state index is 13.9. The minimum absolute atomic E-state index is 0.0469. The zero-order valence-electron chi connectivity index (χ0n) is 26.1. The van der Waals surface area contributed by atoms with E-state index < -0.39 is 27.2 Å². The van der Waals surface area contributed by atoms with Gasteiger partial charge < -0.3 is 0 Å². The number of carbonyl (C=O) groups excluding carboxylic acids is 1. The Morgan fingerprint density at radius 3 is 2.32 bits per heavy atom. The van der Waals surface area contributed by atoms with Crippen LogP contribution in [0.15, 0.2) is 83.8 Å². The van der Waals surface area contributed by atoms with Crippen LogP contribution in [0, 0.1) is 0 Å². The van der Waals surface area contributed by atoms with E-state index in [1.54, 1.807) is 24.3 Å². The number of piperidine rings is 1. The molecule has 3 aromatic rings. The molecule has 236 valence electrons. The third-order valence-electron chi connectivity index (χ3n) is 8.99. The van der Waals surface area contributed by atoms with Crippen LogP contribution in [0.5, 0.6) is 0 Å². The van der Waals surface area contributed by atoms with Crippen LogP contribution < -0.4 is 5.32 Å². The second kappa shape index (κ2) is 13.6. The first-order chi connectivity index (χ1) is 20.9. The van der Waals surface area contributed by atoms with E-state index in [1.807, 2.05) is 49.6 Å². The van der Waals surface area contributed by atoms with Gasteiger partial charge in [-0.2, -0.15) is 0 Å². The number of hydrogen-bond acceptors (Lipinski definition) is 5.